The Balaban J connectivity index is 4.13. The number of hydrogen-bond donors (Lipinski definition) is 2. The van der Waals surface area contributed by atoms with E-state index in [2.05, 4.69) is 0 Å². The van der Waals surface area contributed by atoms with Gasteiger partial charge in [0.05, 0.1) is 13.2 Å². The zero-order valence-electron chi connectivity index (χ0n) is 24.0. The number of carbonyl (C=O) groups is 2. The molecule has 10 nitrogen and oxygen atoms in total. The van der Waals surface area contributed by atoms with Crippen LogP contribution in [-0.2, 0) is 36.1 Å². The van der Waals surface area contributed by atoms with Gasteiger partial charge in [-0.05, 0) is 65.0 Å². The first-order valence-corrected chi connectivity index (χ1v) is 22.0. The van der Waals surface area contributed by atoms with Gasteiger partial charge < -0.3 is 36.8 Å². The van der Waals surface area contributed by atoms with Gasteiger partial charge in [0.1, 0.15) is 0 Å². The molecule has 13 heteroatoms. The second-order valence-electron chi connectivity index (χ2n) is 10.3. The molecule has 0 amide bonds. The summed E-state index contributed by atoms with van der Waals surface area (Å²) in [4.78, 5) is 23.4. The van der Waals surface area contributed by atoms with Gasteiger partial charge in [0.2, 0.25) is 0 Å². The molecule has 0 unspecified atom stereocenters. The fourth-order valence-corrected chi connectivity index (χ4v) is 15.4. The number of esters is 2. The number of unbranched alkanes of at least 4 members (excludes halogenated alkanes) is 4. The van der Waals surface area contributed by atoms with Crippen molar-refractivity contribution in [2.75, 3.05) is 39.6 Å². The van der Waals surface area contributed by atoms with Crippen LogP contribution in [0.1, 0.15) is 64.2 Å². The standard InChI is InChI=1S/C24H52O10Si3/c1-35(2,31-21-13-19-29-23(27)15-9-7-11-17-25)33-37(5,6)34-36(3,4)32-22-14-20-30-24(28)16-10-8-12-18-26/h25-26H,7-22H2,1-6H3. The first-order valence-electron chi connectivity index (χ1n) is 13.5. The predicted molar refractivity (Wildman–Crippen MR) is 149 cm³/mol. The molecule has 220 valence electrons. The Morgan fingerprint density at radius 2 is 0.892 bits per heavy atom. The summed E-state index contributed by atoms with van der Waals surface area (Å²) in [6.45, 7) is 13.7. The molecule has 0 atom stereocenters. The minimum Gasteiger partial charge on any atom is -0.466 e. The van der Waals surface area contributed by atoms with E-state index in [1.54, 1.807) is 0 Å². The summed E-state index contributed by atoms with van der Waals surface area (Å²) in [5.41, 5.74) is 0. The molecule has 0 bridgehead atoms. The minimum absolute atomic E-state index is 0.151. The van der Waals surface area contributed by atoms with Crippen LogP contribution in [0.4, 0.5) is 0 Å². The van der Waals surface area contributed by atoms with E-state index in [-0.39, 0.29) is 25.2 Å². The van der Waals surface area contributed by atoms with E-state index >= 15 is 0 Å². The monoisotopic (exact) mass is 584 g/mol. The molecule has 0 aromatic rings. The van der Waals surface area contributed by atoms with E-state index in [0.29, 0.717) is 65.0 Å². The molecule has 0 saturated heterocycles. The molecule has 0 aliphatic carbocycles. The van der Waals surface area contributed by atoms with Crippen LogP contribution in [0.3, 0.4) is 0 Å². The molecule has 0 rings (SSSR count). The van der Waals surface area contributed by atoms with Gasteiger partial charge in [0.15, 0.2) is 0 Å². The zero-order valence-corrected chi connectivity index (χ0v) is 27.0. The number of rotatable bonds is 24. The lowest BCUT2D eigenvalue weighted by Crippen LogP contribution is -2.54. The summed E-state index contributed by atoms with van der Waals surface area (Å²) in [7, 11) is -7.43. The predicted octanol–water partition coefficient (Wildman–Crippen LogP) is 4.13. The van der Waals surface area contributed by atoms with E-state index in [0.717, 1.165) is 25.7 Å². The highest BCUT2D eigenvalue weighted by Gasteiger charge is 2.41. The van der Waals surface area contributed by atoms with Crippen molar-refractivity contribution in [1.82, 2.24) is 0 Å². The topological polar surface area (TPSA) is 130 Å². The largest absolute Gasteiger partial charge is 0.466 e. The maximum atomic E-state index is 11.7. The van der Waals surface area contributed by atoms with Crippen LogP contribution >= 0.6 is 0 Å². The molecular formula is C24H52O10Si3. The molecule has 0 fully saturated rings. The van der Waals surface area contributed by atoms with E-state index in [1.165, 1.54) is 0 Å². The summed E-state index contributed by atoms with van der Waals surface area (Å²) in [6, 6.07) is 0. The third-order valence-corrected chi connectivity index (χ3v) is 14.7. The Labute approximate surface area is 227 Å². The van der Waals surface area contributed by atoms with Gasteiger partial charge in [-0.2, -0.15) is 0 Å². The van der Waals surface area contributed by atoms with Crippen LogP contribution in [-0.4, -0.2) is 87.5 Å². The van der Waals surface area contributed by atoms with Gasteiger partial charge in [-0.1, -0.05) is 12.8 Å². The third-order valence-electron chi connectivity index (χ3n) is 5.06. The van der Waals surface area contributed by atoms with Crippen molar-refractivity contribution >= 4 is 37.6 Å². The summed E-state index contributed by atoms with van der Waals surface area (Å²) in [6.07, 6.45) is 6.47. The number of aliphatic hydroxyl groups is 2. The summed E-state index contributed by atoms with van der Waals surface area (Å²) < 4.78 is 35.2. The fraction of sp³-hybridized carbons (Fsp3) is 0.917. The van der Waals surface area contributed by atoms with Crippen molar-refractivity contribution in [3.05, 3.63) is 0 Å². The normalized spacial score (nSPS) is 12.5. The van der Waals surface area contributed by atoms with Crippen molar-refractivity contribution in [1.29, 1.82) is 0 Å². The second kappa shape index (κ2) is 20.3. The molecule has 0 aliphatic rings. The second-order valence-corrected chi connectivity index (χ2v) is 20.9. The van der Waals surface area contributed by atoms with E-state index in [9.17, 15) is 9.59 Å². The van der Waals surface area contributed by atoms with E-state index in [4.69, 9.17) is 36.8 Å². The van der Waals surface area contributed by atoms with Crippen LogP contribution in [0.5, 0.6) is 0 Å². The van der Waals surface area contributed by atoms with Gasteiger partial charge in [-0.15, -0.1) is 0 Å². The molecule has 0 heterocycles. The molecule has 0 aliphatic heterocycles. The van der Waals surface area contributed by atoms with Crippen LogP contribution in [0.15, 0.2) is 0 Å². The van der Waals surface area contributed by atoms with Gasteiger partial charge in [0.25, 0.3) is 0 Å². The van der Waals surface area contributed by atoms with Gasteiger partial charge in [-0.3, -0.25) is 9.59 Å². The molecule has 0 saturated carbocycles. The minimum atomic E-state index is -2.52. The van der Waals surface area contributed by atoms with Crippen LogP contribution in [0.25, 0.3) is 0 Å². The maximum Gasteiger partial charge on any atom is 0.322 e. The molecule has 0 spiro atoms. The Morgan fingerprint density at radius 1 is 0.514 bits per heavy atom. The molecular weight excluding hydrogens is 533 g/mol. The maximum absolute atomic E-state index is 11.7. The smallest absolute Gasteiger partial charge is 0.322 e. The lowest BCUT2D eigenvalue weighted by atomic mass is 10.2. The zero-order chi connectivity index (χ0) is 28.2. The van der Waals surface area contributed by atoms with Crippen molar-refractivity contribution in [2.24, 2.45) is 0 Å². The van der Waals surface area contributed by atoms with E-state index in [1.807, 2.05) is 39.3 Å². The summed E-state index contributed by atoms with van der Waals surface area (Å²) in [5, 5.41) is 17.5. The lowest BCUT2D eigenvalue weighted by Gasteiger charge is -2.37. The average molecular weight is 585 g/mol. The first-order chi connectivity index (χ1) is 17.3. The van der Waals surface area contributed by atoms with Crippen LogP contribution < -0.4 is 0 Å². The number of hydrogen-bond acceptors (Lipinski definition) is 10. The van der Waals surface area contributed by atoms with Crippen molar-refractivity contribution < 1.29 is 46.4 Å². The quantitative estimate of drug-likeness (QED) is 0.0970. The number of ether oxygens (including phenoxy) is 2. The third kappa shape index (κ3) is 23.0. The molecule has 0 aromatic carbocycles. The number of aliphatic hydroxyl groups excluding tert-OH is 2. The van der Waals surface area contributed by atoms with Gasteiger partial charge >= 0.3 is 37.6 Å². The summed E-state index contributed by atoms with van der Waals surface area (Å²) >= 11 is 0. The Morgan fingerprint density at radius 3 is 1.24 bits per heavy atom. The van der Waals surface area contributed by atoms with Crippen molar-refractivity contribution in [2.45, 2.75) is 103 Å². The summed E-state index contributed by atoms with van der Waals surface area (Å²) in [5.74, 6) is -0.431. The molecule has 0 aromatic heterocycles. The van der Waals surface area contributed by atoms with Crippen LogP contribution in [0.2, 0.25) is 39.3 Å². The fourth-order valence-electron chi connectivity index (χ4n) is 3.65. The average Bonchev–Trinajstić information content (AvgIpc) is 2.77. The van der Waals surface area contributed by atoms with E-state index < -0.39 is 25.7 Å². The van der Waals surface area contributed by atoms with Gasteiger partial charge in [-0.25, -0.2) is 0 Å². The molecule has 2 N–H and O–H groups in total. The molecule has 37 heavy (non-hydrogen) atoms. The Hall–Kier alpha value is -0.649. The highest BCUT2D eigenvalue weighted by Crippen LogP contribution is 2.22. The Bertz CT molecular complexity index is 568. The highest BCUT2D eigenvalue weighted by atomic mass is 28.5. The highest BCUT2D eigenvalue weighted by molar-refractivity contribution is 6.84. The SMILES string of the molecule is C[Si](C)(OCCCOC(=O)CCCCCO)O[Si](C)(C)O[Si](C)(C)OCCCOC(=O)CCCCCO. The van der Waals surface area contributed by atoms with Crippen LogP contribution in [0, 0.1) is 0 Å². The number of carbonyl (C=O) groups excluding carboxylic acids is 2. The Kier molecular flexibility index (Phi) is 19.9. The first kappa shape index (κ1) is 36.4. The lowest BCUT2D eigenvalue weighted by molar-refractivity contribution is -0.145. The van der Waals surface area contributed by atoms with Crippen molar-refractivity contribution in [3.8, 4) is 0 Å². The van der Waals surface area contributed by atoms with Gasteiger partial charge in [0, 0.05) is 52.1 Å². The van der Waals surface area contributed by atoms with Crippen molar-refractivity contribution in [3.63, 3.8) is 0 Å². The molecule has 0 radical (unpaired) electrons.